The third-order valence-corrected chi connectivity index (χ3v) is 10.8. The molecule has 2 fully saturated rings. The van der Waals surface area contributed by atoms with Crippen molar-refractivity contribution in [1.29, 1.82) is 0 Å². The summed E-state index contributed by atoms with van der Waals surface area (Å²) in [5.41, 5.74) is 2.96. The van der Waals surface area contributed by atoms with Crippen molar-refractivity contribution >= 4 is 39.9 Å². The number of piperidine rings is 1. The molecule has 1 spiro atoms. The Balaban J connectivity index is 1.19. The van der Waals surface area contributed by atoms with Crippen LogP contribution in [0.4, 0.5) is 10.2 Å². The zero-order valence-electron chi connectivity index (χ0n) is 24.5. The van der Waals surface area contributed by atoms with E-state index in [1.165, 1.54) is 6.20 Å². The normalized spacial score (nSPS) is 22.8. The highest BCUT2D eigenvalue weighted by atomic mass is 35.5. The first kappa shape index (κ1) is 28.9. The second-order valence-corrected chi connectivity index (χ2v) is 15.0. The molecule has 3 aliphatic rings. The van der Waals surface area contributed by atoms with Crippen molar-refractivity contribution in [3.8, 4) is 11.3 Å². The number of hydrogen-bond acceptors (Lipinski definition) is 9. The highest BCUT2D eigenvalue weighted by molar-refractivity contribution is 7.90. The molecule has 1 N–H and O–H groups in total. The molecule has 0 amide bonds. The summed E-state index contributed by atoms with van der Waals surface area (Å²) in [6, 6.07) is 3.62. The molecule has 0 saturated carbocycles. The van der Waals surface area contributed by atoms with Crippen molar-refractivity contribution in [2.45, 2.75) is 76.4 Å². The fraction of sp³-hybridized carbons (Fsp3) is 0.552. The van der Waals surface area contributed by atoms with Gasteiger partial charge in [-0.2, -0.15) is 14.6 Å². The van der Waals surface area contributed by atoms with Crippen LogP contribution in [0.15, 0.2) is 30.7 Å². The fourth-order valence-corrected chi connectivity index (χ4v) is 7.61. The number of nitrogens with zero attached hydrogens (tertiary/aromatic N) is 8. The Hall–Kier alpha value is -2.84. The molecular weight excluding hydrogens is 593 g/mol. The Morgan fingerprint density at radius 3 is 2.72 bits per heavy atom. The number of fused-ring (bicyclic) bond motifs is 2. The summed E-state index contributed by atoms with van der Waals surface area (Å²) in [5, 5.41) is 9.28. The zero-order valence-corrected chi connectivity index (χ0v) is 26.0. The first-order chi connectivity index (χ1) is 20.6. The fourth-order valence-electron chi connectivity index (χ4n) is 6.47. The van der Waals surface area contributed by atoms with E-state index >= 15 is 0 Å². The Labute approximate surface area is 257 Å². The van der Waals surface area contributed by atoms with Gasteiger partial charge in [-0.25, -0.2) is 19.6 Å². The maximum absolute atomic E-state index is 14.3. The number of rotatable bonds is 5. The van der Waals surface area contributed by atoms with E-state index in [4.69, 9.17) is 31.4 Å². The van der Waals surface area contributed by atoms with Crippen LogP contribution in [0.2, 0.25) is 5.02 Å². The molecule has 3 aliphatic heterocycles. The largest absolute Gasteiger partial charge is 0.598 e. The van der Waals surface area contributed by atoms with Crippen molar-refractivity contribution in [2.75, 3.05) is 24.6 Å². The van der Waals surface area contributed by atoms with Crippen LogP contribution in [0.25, 0.3) is 22.4 Å². The maximum atomic E-state index is 14.3. The number of anilines is 1. The van der Waals surface area contributed by atoms with Gasteiger partial charge in [-0.15, -0.1) is 4.72 Å². The number of hydrogen-bond donors (Lipinski definition) is 1. The molecule has 2 saturated heterocycles. The lowest BCUT2D eigenvalue weighted by Gasteiger charge is -2.43. The van der Waals surface area contributed by atoms with E-state index in [0.29, 0.717) is 29.0 Å². The van der Waals surface area contributed by atoms with Gasteiger partial charge in [0.1, 0.15) is 32.8 Å². The van der Waals surface area contributed by atoms with Gasteiger partial charge in [0.05, 0.1) is 11.9 Å². The van der Waals surface area contributed by atoms with Gasteiger partial charge >= 0.3 is 0 Å². The predicted molar refractivity (Wildman–Crippen MR) is 162 cm³/mol. The summed E-state index contributed by atoms with van der Waals surface area (Å²) < 4.78 is 40.5. The molecule has 228 valence electrons. The minimum absolute atomic E-state index is 0.0521. The molecule has 4 aromatic heterocycles. The minimum atomic E-state index is -1.21. The summed E-state index contributed by atoms with van der Waals surface area (Å²) in [5.74, 6) is -0.00746. The van der Waals surface area contributed by atoms with E-state index < -0.39 is 17.3 Å². The van der Waals surface area contributed by atoms with E-state index in [1.807, 2.05) is 33.0 Å². The lowest BCUT2D eigenvalue weighted by molar-refractivity contribution is -0.0368. The van der Waals surface area contributed by atoms with Crippen LogP contribution < -0.4 is 9.62 Å². The van der Waals surface area contributed by atoms with Crippen LogP contribution in [0, 0.1) is 11.4 Å². The first-order valence-electron chi connectivity index (χ1n) is 14.8. The second-order valence-electron chi connectivity index (χ2n) is 12.7. The van der Waals surface area contributed by atoms with Gasteiger partial charge in [0, 0.05) is 61.0 Å². The van der Waals surface area contributed by atoms with Crippen molar-refractivity contribution < 1.29 is 13.7 Å². The van der Waals surface area contributed by atoms with Gasteiger partial charge in [0.25, 0.3) is 0 Å². The summed E-state index contributed by atoms with van der Waals surface area (Å²) in [7, 11) is 0. The van der Waals surface area contributed by atoms with Gasteiger partial charge in [0.15, 0.2) is 11.9 Å². The van der Waals surface area contributed by atoms with Crippen LogP contribution in [0.1, 0.15) is 70.8 Å². The Morgan fingerprint density at radius 2 is 1.98 bits per heavy atom. The Bertz CT molecular complexity index is 1640. The van der Waals surface area contributed by atoms with E-state index in [-0.39, 0.29) is 27.5 Å². The maximum Gasteiger partial charge on any atom is 0.232 e. The Morgan fingerprint density at radius 1 is 1.16 bits per heavy atom. The molecule has 3 atom stereocenters. The van der Waals surface area contributed by atoms with Crippen LogP contribution in [-0.2, 0) is 22.6 Å². The number of pyridine rings is 1. The molecule has 7 heterocycles. The van der Waals surface area contributed by atoms with Gasteiger partial charge in [-0.05, 0) is 65.0 Å². The number of aromatic nitrogens is 7. The van der Waals surface area contributed by atoms with Crippen LogP contribution in [0.5, 0.6) is 0 Å². The third-order valence-electron chi connectivity index (χ3n) is 8.91. The smallest absolute Gasteiger partial charge is 0.232 e. The summed E-state index contributed by atoms with van der Waals surface area (Å²) in [6.07, 6.45) is 9.21. The van der Waals surface area contributed by atoms with Crippen LogP contribution in [-0.4, -0.2) is 63.5 Å². The summed E-state index contributed by atoms with van der Waals surface area (Å²) >= 11 is 5.11. The summed E-state index contributed by atoms with van der Waals surface area (Å²) in [4.78, 5) is 15.8. The number of ether oxygens (including phenoxy) is 1. The highest BCUT2D eigenvalue weighted by Crippen LogP contribution is 2.50. The van der Waals surface area contributed by atoms with Gasteiger partial charge in [-0.3, -0.25) is 4.68 Å². The van der Waals surface area contributed by atoms with E-state index in [1.54, 1.807) is 16.9 Å². The molecule has 43 heavy (non-hydrogen) atoms. The number of nitrogens with one attached hydrogen (secondary N) is 1. The van der Waals surface area contributed by atoms with Gasteiger partial charge < -0.3 is 14.2 Å². The average Bonchev–Trinajstić information content (AvgIpc) is 3.68. The van der Waals surface area contributed by atoms with Crippen molar-refractivity contribution in [1.82, 2.24) is 39.2 Å². The molecular formula is C29H35ClFN9O2S. The Kier molecular flexibility index (Phi) is 7.36. The molecule has 0 aliphatic carbocycles. The van der Waals surface area contributed by atoms with Crippen molar-refractivity contribution in [2.24, 2.45) is 5.41 Å². The average molecular weight is 628 g/mol. The molecule has 0 bridgehead atoms. The topological polar surface area (TPSA) is 122 Å². The zero-order chi connectivity index (χ0) is 29.9. The first-order valence-corrected chi connectivity index (χ1v) is 16.3. The van der Waals surface area contributed by atoms with Gasteiger partial charge in [0.2, 0.25) is 5.95 Å². The third kappa shape index (κ3) is 5.08. The minimum Gasteiger partial charge on any atom is -0.598 e. The molecule has 4 aromatic rings. The lowest BCUT2D eigenvalue weighted by Crippen LogP contribution is -2.50. The monoisotopic (exact) mass is 627 g/mol. The molecule has 11 nitrogen and oxygen atoms in total. The molecule has 0 radical (unpaired) electrons. The summed E-state index contributed by atoms with van der Waals surface area (Å²) in [6.45, 7) is 8.90. The molecule has 7 rings (SSSR count). The van der Waals surface area contributed by atoms with E-state index in [0.717, 1.165) is 63.3 Å². The van der Waals surface area contributed by atoms with Crippen molar-refractivity contribution in [3.63, 3.8) is 0 Å². The predicted octanol–water partition coefficient (Wildman–Crippen LogP) is 4.97. The van der Waals surface area contributed by atoms with E-state index in [2.05, 4.69) is 24.4 Å². The van der Waals surface area contributed by atoms with Crippen LogP contribution in [0.3, 0.4) is 0 Å². The van der Waals surface area contributed by atoms with Crippen LogP contribution >= 0.6 is 11.6 Å². The number of halogens is 2. The lowest BCUT2D eigenvalue weighted by atomic mass is 9.73. The highest BCUT2D eigenvalue weighted by Gasteiger charge is 2.51. The SMILES string of the molecule is CC(C)(C)[S+]([O-])N[C@@H]1c2ccnn2CC12CCN(c1cnc3c(-c4ccnc(F)c4Cl)nn(C4CCCCO4)c3n1)CC2. The van der Waals surface area contributed by atoms with Crippen molar-refractivity contribution in [3.05, 3.63) is 47.4 Å². The quantitative estimate of drug-likeness (QED) is 0.241. The molecule has 14 heteroatoms. The standard InChI is InChI=1S/C29H35ClFN9O2S/c1-28(2,3)43(41)37-25-19-8-12-34-39(19)17-29(25)9-13-38(14-10-29)20-16-33-24-23(18-7-11-32-26(31)22(18)30)36-40(27(24)35-20)21-6-4-5-15-42-21/h7-8,11-12,16,21,25,37H,4-6,9-10,13-15,17H2,1-3H3/t21?,25-,43?/m1/s1. The van der Waals surface area contributed by atoms with E-state index in [9.17, 15) is 8.94 Å². The molecule has 2 unspecified atom stereocenters. The molecule has 0 aromatic carbocycles. The second kappa shape index (κ2) is 11.0. The van der Waals surface area contributed by atoms with Gasteiger partial charge in [-0.1, -0.05) is 11.6 Å².